The molecule has 2 atom stereocenters. The van der Waals surface area contributed by atoms with Crippen molar-refractivity contribution in [3.05, 3.63) is 22.5 Å². The minimum absolute atomic E-state index is 0.0893. The Hall–Kier alpha value is -1.84. The average Bonchev–Trinajstić information content (AvgIpc) is 3.28. The van der Waals surface area contributed by atoms with E-state index in [4.69, 9.17) is 25.8 Å². The van der Waals surface area contributed by atoms with Gasteiger partial charge in [-0.15, -0.1) is 0 Å². The highest BCUT2D eigenvalue weighted by Crippen LogP contribution is 2.26. The number of amides is 2. The molecule has 1 aromatic rings. The molecule has 168 valence electrons. The fourth-order valence-corrected chi connectivity index (χ4v) is 3.74. The number of piperidine rings is 1. The van der Waals surface area contributed by atoms with Gasteiger partial charge >= 0.3 is 6.09 Å². The number of carbonyl (C=O) groups excluding carboxylic acids is 2. The van der Waals surface area contributed by atoms with Gasteiger partial charge in [0.1, 0.15) is 17.5 Å². The predicted octanol–water partition coefficient (Wildman–Crippen LogP) is 3.14. The summed E-state index contributed by atoms with van der Waals surface area (Å²) in [4.78, 5) is 31.2. The maximum atomic E-state index is 15.2. The van der Waals surface area contributed by atoms with Crippen LogP contribution in [-0.4, -0.2) is 83.7 Å². The minimum Gasteiger partial charge on any atom is -0.444 e. The van der Waals surface area contributed by atoms with Gasteiger partial charge in [-0.05, 0) is 40.2 Å². The number of likely N-dealkylation sites (tertiary alicyclic amines) is 1. The zero-order valence-corrected chi connectivity index (χ0v) is 18.5. The first kappa shape index (κ1) is 22.8. The molecule has 2 aliphatic heterocycles. The number of hydrogen-bond donors (Lipinski definition) is 1. The van der Waals surface area contributed by atoms with Crippen molar-refractivity contribution < 1.29 is 28.2 Å². The number of rotatable bonds is 4. The lowest BCUT2D eigenvalue weighted by molar-refractivity contribution is -0.0728. The van der Waals surface area contributed by atoms with Crippen LogP contribution in [0.3, 0.4) is 0 Å². The van der Waals surface area contributed by atoms with Crippen molar-refractivity contribution in [1.29, 1.82) is 0 Å². The number of carbonyl (C=O) groups is 2. The molecular weight excluding hydrogens is 417 g/mol. The summed E-state index contributed by atoms with van der Waals surface area (Å²) in [5.41, 5.74) is 0.269. The van der Waals surface area contributed by atoms with Crippen LogP contribution in [0.5, 0.6) is 0 Å². The lowest BCUT2D eigenvalue weighted by Crippen LogP contribution is -2.57. The van der Waals surface area contributed by atoms with E-state index in [-0.39, 0.29) is 37.7 Å². The molecule has 0 aromatic carbocycles. The van der Waals surface area contributed by atoms with E-state index in [1.54, 1.807) is 27.7 Å². The third kappa shape index (κ3) is 5.44. The minimum atomic E-state index is -1.44. The molecule has 8 nitrogen and oxygen atoms in total. The van der Waals surface area contributed by atoms with Crippen LogP contribution in [0.15, 0.2) is 6.07 Å². The summed E-state index contributed by atoms with van der Waals surface area (Å²) in [6, 6.07) is 0.803. The van der Waals surface area contributed by atoms with Crippen molar-refractivity contribution in [1.82, 2.24) is 14.8 Å². The van der Waals surface area contributed by atoms with Crippen LogP contribution in [0.2, 0.25) is 5.02 Å². The van der Waals surface area contributed by atoms with Crippen LogP contribution < -0.4 is 0 Å². The van der Waals surface area contributed by atoms with Crippen molar-refractivity contribution in [3.8, 4) is 0 Å². The third-order valence-corrected chi connectivity index (χ3v) is 5.43. The number of ether oxygens (including phenoxy) is 3. The summed E-state index contributed by atoms with van der Waals surface area (Å²) in [5, 5.41) is 0.434. The van der Waals surface area contributed by atoms with E-state index >= 15 is 4.39 Å². The van der Waals surface area contributed by atoms with Gasteiger partial charge in [-0.1, -0.05) is 11.6 Å². The molecule has 2 aliphatic rings. The average molecular weight is 446 g/mol. The van der Waals surface area contributed by atoms with Gasteiger partial charge in [-0.2, -0.15) is 0 Å². The molecule has 3 rings (SSSR count). The second-order valence-corrected chi connectivity index (χ2v) is 8.99. The first-order valence-corrected chi connectivity index (χ1v) is 10.4. The number of nitrogens with one attached hydrogen (secondary N) is 1. The second-order valence-electron chi connectivity index (χ2n) is 8.58. The Labute approximate surface area is 180 Å². The summed E-state index contributed by atoms with van der Waals surface area (Å²) < 4.78 is 31.5. The molecule has 2 amide bonds. The Morgan fingerprint density at radius 3 is 2.57 bits per heavy atom. The highest BCUT2D eigenvalue weighted by Gasteiger charge is 2.40. The lowest BCUT2D eigenvalue weighted by atomic mass is 10.0. The number of aromatic nitrogens is 1. The van der Waals surface area contributed by atoms with Crippen LogP contribution in [0.4, 0.5) is 9.18 Å². The molecule has 0 unspecified atom stereocenters. The third-order valence-electron chi connectivity index (χ3n) is 5.04. The summed E-state index contributed by atoms with van der Waals surface area (Å²) in [7, 11) is 0. The molecule has 2 fully saturated rings. The van der Waals surface area contributed by atoms with E-state index in [0.29, 0.717) is 23.9 Å². The van der Waals surface area contributed by atoms with Crippen LogP contribution in [0.25, 0.3) is 0 Å². The quantitative estimate of drug-likeness (QED) is 0.769. The van der Waals surface area contributed by atoms with Gasteiger partial charge in [-0.3, -0.25) is 4.79 Å². The Morgan fingerprint density at radius 2 is 2.03 bits per heavy atom. The molecule has 0 spiro atoms. The van der Waals surface area contributed by atoms with Gasteiger partial charge < -0.3 is 29.0 Å². The van der Waals surface area contributed by atoms with Crippen LogP contribution in [0.1, 0.15) is 43.4 Å². The molecule has 0 aliphatic carbocycles. The molecule has 1 N–H and O–H groups in total. The predicted molar refractivity (Wildman–Crippen MR) is 108 cm³/mol. The molecule has 1 aromatic heterocycles. The molecule has 3 heterocycles. The smallest absolute Gasteiger partial charge is 0.410 e. The van der Waals surface area contributed by atoms with Crippen molar-refractivity contribution in [2.75, 3.05) is 32.8 Å². The van der Waals surface area contributed by atoms with Crippen LogP contribution in [0, 0.1) is 6.92 Å². The number of H-pyrrole nitrogens is 1. The number of alkyl halides is 1. The molecule has 2 saturated heterocycles. The van der Waals surface area contributed by atoms with E-state index in [0.717, 1.165) is 0 Å². The Balaban J connectivity index is 1.74. The fourth-order valence-electron chi connectivity index (χ4n) is 3.58. The number of aromatic amines is 1. The SMILES string of the molecule is Cc1[nH]c(C(=O)N(CC2OCCO2)[C@@H]2CCN(C(=O)OC(C)(C)C)C[C@@H]2F)cc1Cl. The van der Waals surface area contributed by atoms with Gasteiger partial charge in [-0.25, -0.2) is 9.18 Å². The van der Waals surface area contributed by atoms with Gasteiger partial charge in [0, 0.05) is 12.2 Å². The molecule has 30 heavy (non-hydrogen) atoms. The van der Waals surface area contributed by atoms with Gasteiger partial charge in [0.15, 0.2) is 6.29 Å². The van der Waals surface area contributed by atoms with E-state index in [1.165, 1.54) is 15.9 Å². The van der Waals surface area contributed by atoms with Crippen LogP contribution >= 0.6 is 11.6 Å². The van der Waals surface area contributed by atoms with Gasteiger partial charge in [0.2, 0.25) is 0 Å². The molecule has 0 bridgehead atoms. The van der Waals surface area contributed by atoms with E-state index in [1.807, 2.05) is 0 Å². The largest absolute Gasteiger partial charge is 0.444 e. The summed E-state index contributed by atoms with van der Waals surface area (Å²) in [6.07, 6.45) is -2.35. The molecule has 10 heteroatoms. The van der Waals surface area contributed by atoms with E-state index in [9.17, 15) is 9.59 Å². The monoisotopic (exact) mass is 445 g/mol. The highest BCUT2D eigenvalue weighted by molar-refractivity contribution is 6.31. The summed E-state index contributed by atoms with van der Waals surface area (Å²) in [5.74, 6) is -0.387. The van der Waals surface area contributed by atoms with Crippen molar-refractivity contribution >= 4 is 23.6 Å². The molecule has 0 saturated carbocycles. The number of hydrogen-bond acceptors (Lipinski definition) is 5. The number of aryl methyl sites for hydroxylation is 1. The van der Waals surface area contributed by atoms with E-state index in [2.05, 4.69) is 4.98 Å². The maximum absolute atomic E-state index is 15.2. The number of halogens is 2. The fraction of sp³-hybridized carbons (Fsp3) is 0.700. The standard InChI is InChI=1S/C20H29ClFN3O5/c1-12-13(21)9-15(23-12)18(26)25(11-17-28-7-8-29-17)16-5-6-24(10-14(16)22)19(27)30-20(2,3)4/h9,14,16-17,23H,5-8,10-11H2,1-4H3/t14-,16+/m0/s1. The Bertz CT molecular complexity index is 755. The normalized spacial score (nSPS) is 22.9. The van der Waals surface area contributed by atoms with Crippen LogP contribution in [-0.2, 0) is 14.2 Å². The van der Waals surface area contributed by atoms with Crippen molar-refractivity contribution in [3.63, 3.8) is 0 Å². The highest BCUT2D eigenvalue weighted by atomic mass is 35.5. The van der Waals surface area contributed by atoms with Crippen molar-refractivity contribution in [2.24, 2.45) is 0 Å². The Kier molecular flexibility index (Phi) is 6.94. The molecular formula is C20H29ClFN3O5. The summed E-state index contributed by atoms with van der Waals surface area (Å²) in [6.45, 7) is 8.10. The zero-order chi connectivity index (χ0) is 22.1. The maximum Gasteiger partial charge on any atom is 0.410 e. The van der Waals surface area contributed by atoms with Gasteiger partial charge in [0.05, 0.1) is 37.4 Å². The number of nitrogens with zero attached hydrogens (tertiary/aromatic N) is 2. The van der Waals surface area contributed by atoms with E-state index < -0.39 is 30.2 Å². The first-order chi connectivity index (χ1) is 14.0. The lowest BCUT2D eigenvalue weighted by Gasteiger charge is -2.41. The topological polar surface area (TPSA) is 84.1 Å². The summed E-state index contributed by atoms with van der Waals surface area (Å²) >= 11 is 6.09. The Morgan fingerprint density at radius 1 is 1.37 bits per heavy atom. The zero-order valence-electron chi connectivity index (χ0n) is 17.7. The second kappa shape index (κ2) is 9.11. The molecule has 0 radical (unpaired) electrons. The van der Waals surface area contributed by atoms with Crippen molar-refractivity contribution in [2.45, 2.75) is 58.2 Å². The first-order valence-electron chi connectivity index (χ1n) is 10.1. The van der Waals surface area contributed by atoms with Gasteiger partial charge in [0.25, 0.3) is 5.91 Å².